The summed E-state index contributed by atoms with van der Waals surface area (Å²) in [4.78, 5) is 0. The maximum atomic E-state index is 3.47. The molecule has 1 aliphatic heterocycles. The first-order valence-electron chi connectivity index (χ1n) is 4.37. The smallest absolute Gasteiger partial charge is 0.00134 e. The fourth-order valence-electron chi connectivity index (χ4n) is 2.51. The predicted octanol–water partition coefficient (Wildman–Crippen LogP) is 2.21. The van der Waals surface area contributed by atoms with E-state index >= 15 is 0 Å². The number of hydrogen-bond donors (Lipinski definition) is 1. The summed E-state index contributed by atoms with van der Waals surface area (Å²) in [7, 11) is 0. The maximum absolute atomic E-state index is 3.47. The Hall–Kier alpha value is 0.250. The van der Waals surface area contributed by atoms with Crippen LogP contribution in [0.15, 0.2) is 0 Å². The summed E-state index contributed by atoms with van der Waals surface area (Å²) < 4.78 is 0. The van der Waals surface area contributed by atoms with Crippen molar-refractivity contribution in [2.75, 3.05) is 13.1 Å². The molecule has 0 radical (unpaired) electrons. The van der Waals surface area contributed by atoms with Crippen molar-refractivity contribution in [2.45, 2.75) is 33.1 Å². The van der Waals surface area contributed by atoms with E-state index in [1.54, 1.807) is 0 Å². The molecule has 2 aliphatic rings. The molecule has 0 bridgehead atoms. The second kappa shape index (κ2) is 2.63. The average Bonchev–Trinajstić information content (AvgIpc) is 2.34. The van der Waals surface area contributed by atoms with Gasteiger partial charge in [0.05, 0.1) is 0 Å². The molecular formula is C9H18ClN. The zero-order chi connectivity index (χ0) is 7.24. The van der Waals surface area contributed by atoms with Crippen molar-refractivity contribution in [1.29, 1.82) is 0 Å². The van der Waals surface area contributed by atoms with E-state index in [1.165, 1.54) is 32.4 Å². The Bertz CT molecular complexity index is 148. The van der Waals surface area contributed by atoms with Gasteiger partial charge < -0.3 is 5.32 Å². The molecule has 0 aromatic carbocycles. The molecule has 1 heterocycles. The molecule has 1 nitrogen and oxygen atoms in total. The SMILES string of the molecule is CC1(C)CCC12CCNC2.Cl. The highest BCUT2D eigenvalue weighted by Gasteiger charge is 2.53. The minimum Gasteiger partial charge on any atom is -0.316 e. The summed E-state index contributed by atoms with van der Waals surface area (Å²) in [5.74, 6) is 0. The molecule has 1 saturated carbocycles. The molecule has 11 heavy (non-hydrogen) atoms. The standard InChI is InChI=1S/C9H17N.ClH/c1-8(2)3-4-9(8)5-6-10-7-9;/h10H,3-7H2,1-2H3;1H. The molecule has 0 aromatic rings. The van der Waals surface area contributed by atoms with Crippen molar-refractivity contribution < 1.29 is 0 Å². The van der Waals surface area contributed by atoms with Gasteiger partial charge in [-0.3, -0.25) is 0 Å². The molecule has 1 atom stereocenters. The molecule has 2 fully saturated rings. The van der Waals surface area contributed by atoms with Crippen LogP contribution in [0.4, 0.5) is 0 Å². The monoisotopic (exact) mass is 175 g/mol. The Labute approximate surface area is 75.4 Å². The minimum atomic E-state index is 0. The summed E-state index contributed by atoms with van der Waals surface area (Å²) in [6.07, 6.45) is 4.32. The van der Waals surface area contributed by atoms with Gasteiger partial charge >= 0.3 is 0 Å². The lowest BCUT2D eigenvalue weighted by molar-refractivity contribution is -0.0326. The van der Waals surface area contributed by atoms with Gasteiger partial charge in [0, 0.05) is 6.54 Å². The van der Waals surface area contributed by atoms with Crippen molar-refractivity contribution in [2.24, 2.45) is 10.8 Å². The van der Waals surface area contributed by atoms with E-state index < -0.39 is 0 Å². The zero-order valence-electron chi connectivity index (χ0n) is 7.44. The van der Waals surface area contributed by atoms with Crippen molar-refractivity contribution in [3.05, 3.63) is 0 Å². The second-order valence-electron chi connectivity index (χ2n) is 4.59. The number of hydrogen-bond acceptors (Lipinski definition) is 1. The Morgan fingerprint density at radius 3 is 2.00 bits per heavy atom. The highest BCUT2D eigenvalue weighted by Crippen LogP contribution is 2.59. The van der Waals surface area contributed by atoms with E-state index in [2.05, 4.69) is 19.2 Å². The number of nitrogens with one attached hydrogen (secondary N) is 1. The van der Waals surface area contributed by atoms with Gasteiger partial charge in [0.15, 0.2) is 0 Å². The quantitative estimate of drug-likeness (QED) is 0.596. The highest BCUT2D eigenvalue weighted by atomic mass is 35.5. The van der Waals surface area contributed by atoms with Crippen LogP contribution in [0.1, 0.15) is 33.1 Å². The van der Waals surface area contributed by atoms with Crippen LogP contribution < -0.4 is 5.32 Å². The summed E-state index contributed by atoms with van der Waals surface area (Å²) >= 11 is 0. The molecule has 0 amide bonds. The summed E-state index contributed by atoms with van der Waals surface area (Å²) in [5, 5.41) is 3.47. The van der Waals surface area contributed by atoms with Crippen LogP contribution in [0, 0.1) is 10.8 Å². The first kappa shape index (κ1) is 9.34. The highest BCUT2D eigenvalue weighted by molar-refractivity contribution is 5.85. The van der Waals surface area contributed by atoms with Crippen LogP contribution >= 0.6 is 12.4 Å². The second-order valence-corrected chi connectivity index (χ2v) is 4.59. The average molecular weight is 176 g/mol. The topological polar surface area (TPSA) is 12.0 Å². The fourth-order valence-corrected chi connectivity index (χ4v) is 2.51. The van der Waals surface area contributed by atoms with E-state index in [0.29, 0.717) is 10.8 Å². The Balaban J connectivity index is 0.000000605. The third-order valence-electron chi connectivity index (χ3n) is 3.91. The van der Waals surface area contributed by atoms with Gasteiger partial charge in [-0.15, -0.1) is 12.4 Å². The molecule has 1 aliphatic carbocycles. The van der Waals surface area contributed by atoms with Gasteiger partial charge in [0.2, 0.25) is 0 Å². The molecule has 0 aromatic heterocycles. The largest absolute Gasteiger partial charge is 0.316 e. The van der Waals surface area contributed by atoms with E-state index in [-0.39, 0.29) is 12.4 Å². The van der Waals surface area contributed by atoms with Crippen molar-refractivity contribution >= 4 is 12.4 Å². The molecule has 1 saturated heterocycles. The van der Waals surface area contributed by atoms with Gasteiger partial charge in [-0.25, -0.2) is 0 Å². The Morgan fingerprint density at radius 1 is 1.09 bits per heavy atom. The lowest BCUT2D eigenvalue weighted by Crippen LogP contribution is -2.48. The van der Waals surface area contributed by atoms with Gasteiger partial charge in [-0.1, -0.05) is 13.8 Å². The van der Waals surface area contributed by atoms with Crippen LogP contribution in [0.5, 0.6) is 0 Å². The first-order chi connectivity index (χ1) is 4.66. The lowest BCUT2D eigenvalue weighted by Gasteiger charge is -2.54. The van der Waals surface area contributed by atoms with E-state index in [9.17, 15) is 0 Å². The van der Waals surface area contributed by atoms with E-state index in [0.717, 1.165) is 0 Å². The Morgan fingerprint density at radius 2 is 1.82 bits per heavy atom. The van der Waals surface area contributed by atoms with Crippen LogP contribution in [0.2, 0.25) is 0 Å². The fraction of sp³-hybridized carbons (Fsp3) is 1.00. The van der Waals surface area contributed by atoms with Gasteiger partial charge in [0.1, 0.15) is 0 Å². The summed E-state index contributed by atoms with van der Waals surface area (Å²) in [6.45, 7) is 7.37. The van der Waals surface area contributed by atoms with Gasteiger partial charge in [-0.2, -0.15) is 0 Å². The third kappa shape index (κ3) is 1.09. The Kier molecular flexibility index (Phi) is 2.24. The number of rotatable bonds is 0. The first-order valence-corrected chi connectivity index (χ1v) is 4.37. The predicted molar refractivity (Wildman–Crippen MR) is 50.2 cm³/mol. The molecule has 66 valence electrons. The molecule has 2 rings (SSSR count). The minimum absolute atomic E-state index is 0. The summed E-state index contributed by atoms with van der Waals surface area (Å²) in [6, 6.07) is 0. The van der Waals surface area contributed by atoms with Gasteiger partial charge in [0.25, 0.3) is 0 Å². The molecule has 1 unspecified atom stereocenters. The molecular weight excluding hydrogens is 158 g/mol. The van der Waals surface area contributed by atoms with Crippen LogP contribution in [0.25, 0.3) is 0 Å². The molecule has 1 spiro atoms. The normalized spacial score (nSPS) is 39.8. The van der Waals surface area contributed by atoms with Crippen molar-refractivity contribution in [3.63, 3.8) is 0 Å². The van der Waals surface area contributed by atoms with E-state index in [1.807, 2.05) is 0 Å². The third-order valence-corrected chi connectivity index (χ3v) is 3.91. The number of halogens is 1. The van der Waals surface area contributed by atoms with Crippen LogP contribution in [0.3, 0.4) is 0 Å². The van der Waals surface area contributed by atoms with Crippen LogP contribution in [-0.4, -0.2) is 13.1 Å². The maximum Gasteiger partial charge on any atom is 0.00134 e. The molecule has 1 N–H and O–H groups in total. The van der Waals surface area contributed by atoms with E-state index in [4.69, 9.17) is 0 Å². The van der Waals surface area contributed by atoms with Crippen LogP contribution in [-0.2, 0) is 0 Å². The lowest BCUT2D eigenvalue weighted by atomic mass is 9.51. The molecule has 2 heteroatoms. The summed E-state index contributed by atoms with van der Waals surface area (Å²) in [5.41, 5.74) is 1.34. The van der Waals surface area contributed by atoms with Crippen molar-refractivity contribution in [1.82, 2.24) is 5.32 Å². The zero-order valence-corrected chi connectivity index (χ0v) is 8.26. The van der Waals surface area contributed by atoms with Gasteiger partial charge in [-0.05, 0) is 36.6 Å². The van der Waals surface area contributed by atoms with Crippen molar-refractivity contribution in [3.8, 4) is 0 Å².